The van der Waals surface area contributed by atoms with Crippen molar-refractivity contribution in [3.05, 3.63) is 112 Å². The molecule has 4 N–H and O–H groups in total. The Kier molecular flexibility index (Phi) is 8.09. The van der Waals surface area contributed by atoms with Gasteiger partial charge in [0.05, 0.1) is 19.4 Å². The van der Waals surface area contributed by atoms with E-state index in [0.29, 0.717) is 28.1 Å². The molecule has 2 aromatic carbocycles. The highest BCUT2D eigenvalue weighted by molar-refractivity contribution is 6.12. The summed E-state index contributed by atoms with van der Waals surface area (Å²) >= 11 is 0. The van der Waals surface area contributed by atoms with Crippen molar-refractivity contribution in [3.63, 3.8) is 0 Å². The molecule has 0 unspecified atom stereocenters. The Morgan fingerprint density at radius 2 is 1.97 bits per heavy atom. The van der Waals surface area contributed by atoms with Crippen molar-refractivity contribution >= 4 is 17.3 Å². The van der Waals surface area contributed by atoms with Crippen molar-refractivity contribution in [3.8, 4) is 11.8 Å². The maximum atomic E-state index is 13.6. The number of rotatable bonds is 8. The molecule has 37 heavy (non-hydrogen) atoms. The molecule has 1 heterocycles. The summed E-state index contributed by atoms with van der Waals surface area (Å²) < 4.78 is 34.5. The van der Waals surface area contributed by atoms with E-state index in [1.807, 2.05) is 0 Å². The number of halogens is 2. The molecule has 0 radical (unpaired) electrons. The second-order valence-corrected chi connectivity index (χ2v) is 7.96. The van der Waals surface area contributed by atoms with E-state index in [2.05, 4.69) is 30.3 Å². The van der Waals surface area contributed by atoms with Crippen molar-refractivity contribution < 1.29 is 18.3 Å². The first-order valence-electron chi connectivity index (χ1n) is 11.0. The normalized spacial score (nSPS) is 10.3. The molecule has 0 fully saturated rings. The van der Waals surface area contributed by atoms with E-state index in [1.54, 1.807) is 32.2 Å². The average molecular weight is 506 g/mol. The van der Waals surface area contributed by atoms with Crippen LogP contribution in [0.5, 0.6) is 0 Å². The van der Waals surface area contributed by atoms with Gasteiger partial charge in [0, 0.05) is 29.6 Å². The second-order valence-electron chi connectivity index (χ2n) is 7.96. The van der Waals surface area contributed by atoms with Crippen molar-refractivity contribution in [2.45, 2.75) is 13.5 Å². The number of carbonyl (C=O) groups excluding carboxylic acids is 1. The van der Waals surface area contributed by atoms with Crippen molar-refractivity contribution in [2.24, 2.45) is 7.05 Å². The van der Waals surface area contributed by atoms with Gasteiger partial charge >= 0.3 is 0 Å². The van der Waals surface area contributed by atoms with Crippen LogP contribution in [0, 0.1) is 35.8 Å². The average Bonchev–Trinajstić information content (AvgIpc) is 3.06. The summed E-state index contributed by atoms with van der Waals surface area (Å²) in [7, 11) is 1.60. The molecule has 0 aliphatic rings. The smallest absolute Gasteiger partial charge is 0.280 e. The highest BCUT2D eigenvalue weighted by Crippen LogP contribution is 2.18. The first-order valence-corrected chi connectivity index (χ1v) is 11.0. The quantitative estimate of drug-likeness (QED) is 0.189. The molecule has 0 atom stereocenters. The van der Waals surface area contributed by atoms with E-state index in [0.717, 1.165) is 12.1 Å². The number of benzene rings is 2. The first kappa shape index (κ1) is 26.7. The maximum Gasteiger partial charge on any atom is 0.280 e. The van der Waals surface area contributed by atoms with Gasteiger partial charge in [0.2, 0.25) is 0 Å². The number of amides is 1. The molecular weight excluding hydrogens is 480 g/mol. The predicted octanol–water partition coefficient (Wildman–Crippen LogP) is 3.23. The van der Waals surface area contributed by atoms with E-state index in [1.165, 1.54) is 21.7 Å². The zero-order valence-electron chi connectivity index (χ0n) is 20.3. The summed E-state index contributed by atoms with van der Waals surface area (Å²) in [6, 6.07) is 8.22. The van der Waals surface area contributed by atoms with Crippen LogP contribution in [-0.2, 0) is 18.3 Å². The highest BCUT2D eigenvalue weighted by Gasteiger charge is 2.21. The molecule has 3 rings (SSSR count). The lowest BCUT2D eigenvalue weighted by molar-refractivity contribution is 0.0956. The van der Waals surface area contributed by atoms with Crippen molar-refractivity contribution in [1.29, 1.82) is 5.41 Å². The number of nitrogen functional groups attached to an aromatic ring is 1. The van der Waals surface area contributed by atoms with Crippen LogP contribution in [0.25, 0.3) is 0 Å². The van der Waals surface area contributed by atoms with Crippen LogP contribution >= 0.6 is 0 Å². The van der Waals surface area contributed by atoms with Crippen LogP contribution in [-0.4, -0.2) is 27.5 Å². The molecule has 0 bridgehead atoms. The SMILES string of the molecule is C=COC(=C)C(=N)c1ccc(C#CCNC(=O)c2c(C)n(C)n(Cc3ccc(F)c(F)c3)c2=O)cc1N. The van der Waals surface area contributed by atoms with Gasteiger partial charge in [-0.15, -0.1) is 0 Å². The molecule has 1 amide bonds. The van der Waals surface area contributed by atoms with Crippen LogP contribution in [0.2, 0.25) is 0 Å². The zero-order valence-corrected chi connectivity index (χ0v) is 20.3. The minimum Gasteiger partial charge on any atom is -0.464 e. The summed E-state index contributed by atoms with van der Waals surface area (Å²) in [4.78, 5) is 25.6. The van der Waals surface area contributed by atoms with Gasteiger partial charge in [0.1, 0.15) is 17.0 Å². The molecule has 10 heteroatoms. The molecule has 190 valence electrons. The summed E-state index contributed by atoms with van der Waals surface area (Å²) in [5.74, 6) is 3.14. The molecule has 0 spiro atoms. The van der Waals surface area contributed by atoms with Crippen LogP contribution in [0.1, 0.15) is 32.7 Å². The molecule has 1 aromatic heterocycles. The highest BCUT2D eigenvalue weighted by atomic mass is 19.2. The number of ether oxygens (including phenoxy) is 1. The Hall–Kier alpha value is -4.91. The lowest BCUT2D eigenvalue weighted by Gasteiger charge is -2.09. The van der Waals surface area contributed by atoms with E-state index in [9.17, 15) is 18.4 Å². The third kappa shape index (κ3) is 5.85. The minimum atomic E-state index is -1.02. The monoisotopic (exact) mass is 505 g/mol. The second kappa shape index (κ2) is 11.2. The Morgan fingerprint density at radius 1 is 1.24 bits per heavy atom. The third-order valence-corrected chi connectivity index (χ3v) is 5.60. The molecule has 0 saturated heterocycles. The van der Waals surface area contributed by atoms with E-state index in [-0.39, 0.29) is 30.1 Å². The largest absolute Gasteiger partial charge is 0.464 e. The zero-order chi connectivity index (χ0) is 27.3. The Balaban J connectivity index is 1.70. The van der Waals surface area contributed by atoms with Crippen molar-refractivity contribution in [2.75, 3.05) is 12.3 Å². The third-order valence-electron chi connectivity index (χ3n) is 5.60. The molecular formula is C27H25F2N5O3. The Bertz CT molecular complexity index is 1540. The first-order chi connectivity index (χ1) is 17.5. The maximum absolute atomic E-state index is 13.6. The van der Waals surface area contributed by atoms with Gasteiger partial charge in [-0.05, 0) is 42.8 Å². The fourth-order valence-electron chi connectivity index (χ4n) is 3.55. The van der Waals surface area contributed by atoms with Crippen LogP contribution in [0.4, 0.5) is 14.5 Å². The molecule has 0 aliphatic carbocycles. The standard InChI is InChI=1S/C27H25F2N5O3/c1-5-37-17(3)25(31)20-10-8-18(14-23(20)30)7-6-12-32-26(35)24-16(2)33(4)34(27(24)36)15-19-9-11-21(28)22(29)13-19/h5,8-11,13-14,31H,1,3,12,15,30H2,2,4H3,(H,32,35). The number of nitrogens with one attached hydrogen (secondary N) is 2. The minimum absolute atomic E-state index is 0.0117. The molecule has 8 nitrogen and oxygen atoms in total. The van der Waals surface area contributed by atoms with Crippen LogP contribution in [0.15, 0.2) is 66.4 Å². The van der Waals surface area contributed by atoms with Gasteiger partial charge in [0.25, 0.3) is 11.5 Å². The molecule has 0 saturated carbocycles. The topological polar surface area (TPSA) is 115 Å². The van der Waals surface area contributed by atoms with Crippen LogP contribution in [0.3, 0.4) is 0 Å². The number of nitrogens with zero attached hydrogens (tertiary/aromatic N) is 2. The Labute approximate surface area is 212 Å². The number of aromatic nitrogens is 2. The number of allylic oxidation sites excluding steroid dienone is 1. The van der Waals surface area contributed by atoms with Gasteiger partial charge in [-0.2, -0.15) is 0 Å². The van der Waals surface area contributed by atoms with E-state index >= 15 is 0 Å². The van der Waals surface area contributed by atoms with Gasteiger partial charge in [0.15, 0.2) is 11.6 Å². The number of hydrogen-bond acceptors (Lipinski definition) is 5. The number of anilines is 1. The Morgan fingerprint density at radius 3 is 2.62 bits per heavy atom. The lowest BCUT2D eigenvalue weighted by atomic mass is 10.0. The van der Waals surface area contributed by atoms with Crippen LogP contribution < -0.4 is 16.6 Å². The number of carbonyl (C=O) groups is 1. The summed E-state index contributed by atoms with van der Waals surface area (Å²) in [6.45, 7) is 8.59. The summed E-state index contributed by atoms with van der Waals surface area (Å²) in [5.41, 5.74) is 7.46. The molecule has 0 aliphatic heterocycles. The van der Waals surface area contributed by atoms with Crippen molar-refractivity contribution in [1.82, 2.24) is 14.7 Å². The fourth-order valence-corrected chi connectivity index (χ4v) is 3.55. The number of nitrogens with two attached hydrogens (primary N) is 1. The van der Waals surface area contributed by atoms with E-state index < -0.39 is 23.1 Å². The summed E-state index contributed by atoms with van der Waals surface area (Å²) in [5, 5.41) is 10.7. The van der Waals surface area contributed by atoms with E-state index in [4.69, 9.17) is 15.9 Å². The lowest BCUT2D eigenvalue weighted by Crippen LogP contribution is -2.31. The van der Waals surface area contributed by atoms with Gasteiger partial charge in [-0.25, -0.2) is 13.5 Å². The molecule has 3 aromatic rings. The predicted molar refractivity (Wildman–Crippen MR) is 137 cm³/mol. The number of hydrogen-bond donors (Lipinski definition) is 3. The summed E-state index contributed by atoms with van der Waals surface area (Å²) in [6.07, 6.45) is 1.17. The van der Waals surface area contributed by atoms with Gasteiger partial charge in [-0.1, -0.05) is 31.1 Å². The van der Waals surface area contributed by atoms with Gasteiger partial charge in [-0.3, -0.25) is 19.7 Å². The van der Waals surface area contributed by atoms with Gasteiger partial charge < -0.3 is 15.8 Å². The fraction of sp³-hybridized carbons (Fsp3) is 0.148.